The molecular weight excluding hydrogens is 212 g/mol. The number of likely N-dealkylation sites (tertiary alicyclic amines) is 1. The third-order valence-electron chi connectivity index (χ3n) is 3.32. The topological polar surface area (TPSA) is 38.5 Å². The highest BCUT2D eigenvalue weighted by Gasteiger charge is 2.18. The van der Waals surface area contributed by atoms with Crippen molar-refractivity contribution in [3.8, 4) is 5.75 Å². The number of nitrogens with zero attached hydrogens (tertiary/aromatic N) is 1. The van der Waals surface area contributed by atoms with E-state index in [0.29, 0.717) is 6.04 Å². The summed E-state index contributed by atoms with van der Waals surface area (Å²) in [5.74, 6) is 1.01. The van der Waals surface area contributed by atoms with Crippen LogP contribution in [0, 0.1) is 13.8 Å². The highest BCUT2D eigenvalue weighted by atomic mass is 16.5. The van der Waals surface area contributed by atoms with Crippen LogP contribution in [0.15, 0.2) is 18.2 Å². The first-order chi connectivity index (χ1) is 8.15. The molecule has 1 fully saturated rings. The van der Waals surface area contributed by atoms with Crippen molar-refractivity contribution >= 4 is 0 Å². The van der Waals surface area contributed by atoms with Crippen molar-refractivity contribution in [1.29, 1.82) is 0 Å². The molecule has 1 heterocycles. The lowest BCUT2D eigenvalue weighted by Crippen LogP contribution is -2.29. The van der Waals surface area contributed by atoms with Gasteiger partial charge < -0.3 is 10.5 Å². The van der Waals surface area contributed by atoms with Crippen molar-refractivity contribution in [3.63, 3.8) is 0 Å². The van der Waals surface area contributed by atoms with Crippen molar-refractivity contribution in [2.24, 2.45) is 5.73 Å². The summed E-state index contributed by atoms with van der Waals surface area (Å²) in [6.45, 7) is 8.01. The zero-order chi connectivity index (χ0) is 12.3. The van der Waals surface area contributed by atoms with Crippen LogP contribution in [-0.2, 0) is 0 Å². The van der Waals surface area contributed by atoms with E-state index in [1.54, 1.807) is 0 Å². The SMILES string of the molecule is Cc1ccc(C)c(OCCN2CC[C@H](N)C2)c1. The second-order valence-corrected chi connectivity index (χ2v) is 4.97. The number of benzene rings is 1. The normalized spacial score (nSPS) is 20.8. The molecule has 0 radical (unpaired) electrons. The molecule has 17 heavy (non-hydrogen) atoms. The van der Waals surface area contributed by atoms with Crippen molar-refractivity contribution in [2.45, 2.75) is 26.3 Å². The van der Waals surface area contributed by atoms with Crippen LogP contribution in [0.1, 0.15) is 17.5 Å². The molecule has 0 aliphatic carbocycles. The highest BCUT2D eigenvalue weighted by Crippen LogP contribution is 2.19. The first kappa shape index (κ1) is 12.4. The monoisotopic (exact) mass is 234 g/mol. The molecule has 1 aliphatic heterocycles. The standard InChI is InChI=1S/C14H22N2O/c1-11-3-4-12(2)14(9-11)17-8-7-16-6-5-13(15)10-16/h3-4,9,13H,5-8,10,15H2,1-2H3/t13-/m0/s1. The lowest BCUT2D eigenvalue weighted by Gasteiger charge is -2.16. The first-order valence-corrected chi connectivity index (χ1v) is 6.33. The zero-order valence-electron chi connectivity index (χ0n) is 10.8. The minimum absolute atomic E-state index is 0.357. The van der Waals surface area contributed by atoms with E-state index >= 15 is 0 Å². The Hall–Kier alpha value is -1.06. The Bertz CT molecular complexity index is 378. The summed E-state index contributed by atoms with van der Waals surface area (Å²) >= 11 is 0. The molecule has 1 atom stereocenters. The molecule has 0 unspecified atom stereocenters. The fraction of sp³-hybridized carbons (Fsp3) is 0.571. The van der Waals surface area contributed by atoms with Gasteiger partial charge in [0.05, 0.1) is 0 Å². The number of rotatable bonds is 4. The van der Waals surface area contributed by atoms with E-state index in [2.05, 4.69) is 36.9 Å². The molecular formula is C14H22N2O. The average Bonchev–Trinajstić information content (AvgIpc) is 2.69. The smallest absolute Gasteiger partial charge is 0.122 e. The lowest BCUT2D eigenvalue weighted by molar-refractivity contribution is 0.235. The van der Waals surface area contributed by atoms with Crippen molar-refractivity contribution < 1.29 is 4.74 Å². The molecule has 0 amide bonds. The fourth-order valence-corrected chi connectivity index (χ4v) is 2.21. The van der Waals surface area contributed by atoms with E-state index in [0.717, 1.165) is 38.4 Å². The summed E-state index contributed by atoms with van der Waals surface area (Å²) in [5.41, 5.74) is 8.32. The van der Waals surface area contributed by atoms with Crippen LogP contribution < -0.4 is 10.5 Å². The maximum Gasteiger partial charge on any atom is 0.122 e. The summed E-state index contributed by atoms with van der Waals surface area (Å²) in [7, 11) is 0. The van der Waals surface area contributed by atoms with Gasteiger partial charge in [-0.2, -0.15) is 0 Å². The molecule has 3 heteroatoms. The van der Waals surface area contributed by atoms with Gasteiger partial charge in [-0.15, -0.1) is 0 Å². The predicted octanol–water partition coefficient (Wildman–Crippen LogP) is 1.72. The molecule has 0 aromatic heterocycles. The molecule has 3 nitrogen and oxygen atoms in total. The van der Waals surface area contributed by atoms with Gasteiger partial charge in [0.25, 0.3) is 0 Å². The van der Waals surface area contributed by atoms with Gasteiger partial charge in [-0.25, -0.2) is 0 Å². The number of ether oxygens (including phenoxy) is 1. The minimum Gasteiger partial charge on any atom is -0.492 e. The van der Waals surface area contributed by atoms with Crippen molar-refractivity contribution in [2.75, 3.05) is 26.2 Å². The number of aryl methyl sites for hydroxylation is 2. The lowest BCUT2D eigenvalue weighted by atomic mass is 10.1. The molecule has 2 N–H and O–H groups in total. The third kappa shape index (κ3) is 3.45. The van der Waals surface area contributed by atoms with Crippen LogP contribution in [0.5, 0.6) is 5.75 Å². The summed E-state index contributed by atoms with van der Waals surface area (Å²) in [6.07, 6.45) is 1.11. The quantitative estimate of drug-likeness (QED) is 0.862. The van der Waals surface area contributed by atoms with Crippen molar-refractivity contribution in [1.82, 2.24) is 4.90 Å². The number of hydrogen-bond acceptors (Lipinski definition) is 3. The Balaban J connectivity index is 1.80. The van der Waals surface area contributed by atoms with E-state index in [-0.39, 0.29) is 0 Å². The largest absolute Gasteiger partial charge is 0.492 e. The molecule has 94 valence electrons. The molecule has 0 spiro atoms. The van der Waals surface area contributed by atoms with E-state index in [4.69, 9.17) is 10.5 Å². The van der Waals surface area contributed by atoms with Gasteiger partial charge in [-0.05, 0) is 44.0 Å². The van der Waals surface area contributed by atoms with Crippen LogP contribution in [0.2, 0.25) is 0 Å². The van der Waals surface area contributed by atoms with E-state index in [1.807, 2.05) is 0 Å². The molecule has 0 saturated carbocycles. The Morgan fingerprint density at radius 1 is 1.41 bits per heavy atom. The van der Waals surface area contributed by atoms with Gasteiger partial charge in [0.15, 0.2) is 0 Å². The van der Waals surface area contributed by atoms with Gasteiger partial charge in [0, 0.05) is 19.1 Å². The molecule has 1 aromatic carbocycles. The maximum absolute atomic E-state index is 5.87. The van der Waals surface area contributed by atoms with E-state index < -0.39 is 0 Å². The second kappa shape index (κ2) is 5.52. The zero-order valence-corrected chi connectivity index (χ0v) is 10.8. The van der Waals surface area contributed by atoms with Crippen LogP contribution in [0.3, 0.4) is 0 Å². The molecule has 1 saturated heterocycles. The predicted molar refractivity (Wildman–Crippen MR) is 70.4 cm³/mol. The minimum atomic E-state index is 0.357. The Kier molecular flexibility index (Phi) is 4.02. The molecule has 0 bridgehead atoms. The Morgan fingerprint density at radius 2 is 2.24 bits per heavy atom. The summed E-state index contributed by atoms with van der Waals surface area (Å²) in [4.78, 5) is 2.37. The van der Waals surface area contributed by atoms with Crippen LogP contribution in [-0.4, -0.2) is 37.2 Å². The summed E-state index contributed by atoms with van der Waals surface area (Å²) in [6, 6.07) is 6.68. The maximum atomic E-state index is 5.87. The number of nitrogens with two attached hydrogens (primary N) is 1. The van der Waals surface area contributed by atoms with Gasteiger partial charge in [-0.1, -0.05) is 12.1 Å². The van der Waals surface area contributed by atoms with E-state index in [9.17, 15) is 0 Å². The highest BCUT2D eigenvalue weighted by molar-refractivity contribution is 5.35. The van der Waals surface area contributed by atoms with Crippen molar-refractivity contribution in [3.05, 3.63) is 29.3 Å². The summed E-state index contributed by atoms with van der Waals surface area (Å²) < 4.78 is 5.83. The second-order valence-electron chi connectivity index (χ2n) is 4.97. The molecule has 2 rings (SSSR count). The van der Waals surface area contributed by atoms with Gasteiger partial charge in [0.1, 0.15) is 12.4 Å². The third-order valence-corrected chi connectivity index (χ3v) is 3.32. The number of hydrogen-bond donors (Lipinski definition) is 1. The van der Waals surface area contributed by atoms with Gasteiger partial charge >= 0.3 is 0 Å². The van der Waals surface area contributed by atoms with Gasteiger partial charge in [0.2, 0.25) is 0 Å². The Labute approximate surface area is 104 Å². The molecule has 1 aliphatic rings. The summed E-state index contributed by atoms with van der Waals surface area (Å²) in [5, 5.41) is 0. The van der Waals surface area contributed by atoms with Crippen LogP contribution in [0.25, 0.3) is 0 Å². The fourth-order valence-electron chi connectivity index (χ4n) is 2.21. The average molecular weight is 234 g/mol. The van der Waals surface area contributed by atoms with Crippen LogP contribution >= 0.6 is 0 Å². The van der Waals surface area contributed by atoms with Gasteiger partial charge in [-0.3, -0.25) is 4.90 Å². The molecule has 1 aromatic rings. The van der Waals surface area contributed by atoms with Crippen LogP contribution in [0.4, 0.5) is 0 Å². The first-order valence-electron chi connectivity index (χ1n) is 6.33. The Morgan fingerprint density at radius 3 is 2.94 bits per heavy atom. The van der Waals surface area contributed by atoms with E-state index in [1.165, 1.54) is 11.1 Å².